The van der Waals surface area contributed by atoms with Gasteiger partial charge in [-0.1, -0.05) is 35.3 Å². The highest BCUT2D eigenvalue weighted by atomic mass is 35.5. The average molecular weight is 792 g/mol. The van der Waals surface area contributed by atoms with E-state index >= 15 is 0 Å². The van der Waals surface area contributed by atoms with Crippen molar-refractivity contribution in [3.05, 3.63) is 119 Å². The van der Waals surface area contributed by atoms with Crippen LogP contribution in [-0.2, 0) is 36.1 Å². The fraction of sp³-hybridized carbons (Fsp3) is 0.316. The van der Waals surface area contributed by atoms with E-state index in [0.717, 1.165) is 15.5 Å². The van der Waals surface area contributed by atoms with Gasteiger partial charge in [0, 0.05) is 43.1 Å². The summed E-state index contributed by atoms with van der Waals surface area (Å²) in [6, 6.07) is 10.3. The Hall–Kier alpha value is -5.67. The number of phenolic OH excluding ortho intramolecular Hbond substituents is 1. The zero-order valence-electron chi connectivity index (χ0n) is 29.9. The van der Waals surface area contributed by atoms with Gasteiger partial charge in [0.1, 0.15) is 17.3 Å². The van der Waals surface area contributed by atoms with Gasteiger partial charge in [-0.25, -0.2) is 37.8 Å². The van der Waals surface area contributed by atoms with Gasteiger partial charge in [-0.15, -0.1) is 0 Å². The fourth-order valence-corrected chi connectivity index (χ4v) is 9.03. The molecule has 1 N–H and O–H groups in total. The van der Waals surface area contributed by atoms with Crippen molar-refractivity contribution in [2.75, 3.05) is 19.1 Å². The second-order valence-electron chi connectivity index (χ2n) is 14.0. The number of aromatic nitrogens is 5. The molecule has 1 saturated heterocycles. The number of hydrogen-bond acceptors (Lipinski definition) is 9. The number of imide groups is 1. The van der Waals surface area contributed by atoms with Crippen LogP contribution >= 0.6 is 23.2 Å². The Kier molecular flexibility index (Phi) is 8.57. The number of amides is 2. The number of aryl methyl sites for hydroxylation is 2. The summed E-state index contributed by atoms with van der Waals surface area (Å²) in [6.45, 7) is 1.43. The smallest absolute Gasteiger partial charge is 0.347 e. The molecule has 284 valence electrons. The molecule has 1 aliphatic carbocycles. The van der Waals surface area contributed by atoms with Crippen LogP contribution in [-0.4, -0.2) is 54.6 Å². The van der Waals surface area contributed by atoms with Gasteiger partial charge in [-0.05, 0) is 54.8 Å². The van der Waals surface area contributed by atoms with Crippen molar-refractivity contribution in [3.63, 3.8) is 0 Å². The van der Waals surface area contributed by atoms with Crippen LogP contribution in [0, 0.1) is 17.2 Å². The maximum absolute atomic E-state index is 14.6. The summed E-state index contributed by atoms with van der Waals surface area (Å²) in [7, 11) is 4.55. The summed E-state index contributed by atoms with van der Waals surface area (Å²) >= 11 is 12.8. The second kappa shape index (κ2) is 13.0. The first-order valence-electron chi connectivity index (χ1n) is 17.3. The predicted octanol–water partition coefficient (Wildman–Crippen LogP) is 4.33. The molecular weight excluding hydrogens is 758 g/mol. The molecule has 0 bridgehead atoms. The van der Waals surface area contributed by atoms with Gasteiger partial charge in [0.15, 0.2) is 11.5 Å². The normalized spacial score (nSPS) is 21.7. The average Bonchev–Trinajstić information content (AvgIpc) is 3.52. The molecule has 55 heavy (non-hydrogen) atoms. The van der Waals surface area contributed by atoms with Gasteiger partial charge in [-0.3, -0.25) is 14.4 Å². The first-order chi connectivity index (χ1) is 26.2. The van der Waals surface area contributed by atoms with Crippen LogP contribution in [0.2, 0.25) is 10.0 Å². The Morgan fingerprint density at radius 2 is 1.69 bits per heavy atom. The van der Waals surface area contributed by atoms with Crippen LogP contribution in [0.3, 0.4) is 0 Å². The zero-order chi connectivity index (χ0) is 39.2. The number of halogens is 3. The molecule has 3 aromatic carbocycles. The highest BCUT2D eigenvalue weighted by Gasteiger charge is 2.65. The van der Waals surface area contributed by atoms with E-state index in [1.54, 1.807) is 38.2 Å². The molecule has 0 spiro atoms. The lowest BCUT2D eigenvalue weighted by molar-refractivity contribution is -0.129. The Bertz CT molecular complexity index is 2720. The Morgan fingerprint density at radius 3 is 2.38 bits per heavy atom. The number of carbonyl (C=O) groups excluding carboxylic acids is 2. The minimum absolute atomic E-state index is 0.0357. The SMILES string of the molecule is COc1cc2nc(CCn3c(=O)n4n(c3=O)[C@@H]3C[C@H]5C(=O)N(c6ccc(F)c(Cl)c6)C(=O)[C@@]5(C)[C@@H](c5ccc(O)cc5Cl)C3=CC4)c(=O)n(C)c2cc1OC. The molecule has 14 nitrogen and oxygen atoms in total. The Labute approximate surface area is 321 Å². The van der Waals surface area contributed by atoms with Gasteiger partial charge < -0.3 is 19.1 Å². The van der Waals surface area contributed by atoms with Crippen molar-refractivity contribution in [2.24, 2.45) is 18.4 Å². The maximum atomic E-state index is 14.6. The van der Waals surface area contributed by atoms with Crippen LogP contribution in [0.5, 0.6) is 17.2 Å². The minimum Gasteiger partial charge on any atom is -0.508 e. The van der Waals surface area contributed by atoms with Crippen molar-refractivity contribution in [1.82, 2.24) is 23.5 Å². The third kappa shape index (κ3) is 5.27. The van der Waals surface area contributed by atoms with Crippen molar-refractivity contribution in [2.45, 2.75) is 44.8 Å². The number of aromatic hydroxyl groups is 1. The molecule has 5 aromatic rings. The molecule has 2 fully saturated rings. The number of hydrogen-bond donors (Lipinski definition) is 1. The van der Waals surface area contributed by atoms with Crippen molar-refractivity contribution in [3.8, 4) is 17.2 Å². The molecule has 2 aliphatic heterocycles. The van der Waals surface area contributed by atoms with E-state index in [-0.39, 0.29) is 53.1 Å². The maximum Gasteiger partial charge on any atom is 0.347 e. The Morgan fingerprint density at radius 1 is 0.964 bits per heavy atom. The van der Waals surface area contributed by atoms with E-state index in [0.29, 0.717) is 33.7 Å². The van der Waals surface area contributed by atoms with E-state index in [1.165, 1.54) is 52.4 Å². The number of benzene rings is 3. The number of phenols is 1. The van der Waals surface area contributed by atoms with Crippen LogP contribution in [0.15, 0.2) is 74.6 Å². The molecule has 2 amide bonds. The highest BCUT2D eigenvalue weighted by molar-refractivity contribution is 6.32. The summed E-state index contributed by atoms with van der Waals surface area (Å²) in [6.07, 6.45) is 1.67. The first-order valence-corrected chi connectivity index (χ1v) is 18.0. The molecule has 8 rings (SSSR count). The van der Waals surface area contributed by atoms with Crippen LogP contribution in [0.1, 0.15) is 36.6 Å². The molecule has 2 aromatic heterocycles. The third-order valence-electron chi connectivity index (χ3n) is 11.3. The molecule has 0 unspecified atom stereocenters. The van der Waals surface area contributed by atoms with Crippen molar-refractivity contribution >= 4 is 51.7 Å². The van der Waals surface area contributed by atoms with Crippen molar-refractivity contribution in [1.29, 1.82) is 0 Å². The largest absolute Gasteiger partial charge is 0.508 e. The number of allylic oxidation sites excluding steroid dienone is 2. The highest BCUT2D eigenvalue weighted by Crippen LogP contribution is 2.62. The van der Waals surface area contributed by atoms with Gasteiger partial charge >= 0.3 is 11.4 Å². The predicted molar refractivity (Wildman–Crippen MR) is 200 cm³/mol. The lowest BCUT2D eigenvalue weighted by Crippen LogP contribution is -2.49. The summed E-state index contributed by atoms with van der Waals surface area (Å²) in [5.74, 6) is -3.10. The lowest BCUT2D eigenvalue weighted by atomic mass is 9.56. The number of rotatable bonds is 7. The van der Waals surface area contributed by atoms with E-state index in [9.17, 15) is 33.5 Å². The molecule has 1 saturated carbocycles. The minimum atomic E-state index is -1.45. The Balaban J connectivity index is 1.21. The zero-order valence-corrected chi connectivity index (χ0v) is 31.4. The first kappa shape index (κ1) is 36.3. The van der Waals surface area contributed by atoms with Crippen molar-refractivity contribution < 1.29 is 28.6 Å². The number of fused-ring (bicyclic) bond motifs is 5. The van der Waals surface area contributed by atoms with E-state index < -0.39 is 57.9 Å². The molecule has 0 radical (unpaired) electrons. The number of carbonyl (C=O) groups is 2. The van der Waals surface area contributed by atoms with E-state index in [4.69, 9.17) is 32.7 Å². The summed E-state index contributed by atoms with van der Waals surface area (Å²) in [5.41, 5.74) is -1.03. The standard InChI is InChI=1S/C38H33Cl2FN6O8/c1-38-22(33(49)46(35(38)51)18-5-8-25(41)24(40)13-18)15-28-21(32(38)20-7-6-19(48)14-23(20)39)9-12-45-36(52)44(37(53)47(28)45)11-10-26-34(50)43(2)29-17-31(55-4)30(54-3)16-27(29)42-26/h5-9,13-14,16-17,22,28,32,48H,10-12,15H2,1-4H3/t22-,28+,32-,38+/m0/s1. The third-order valence-corrected chi connectivity index (χ3v) is 11.9. The van der Waals surface area contributed by atoms with Gasteiger partial charge in [0.05, 0.1) is 59.9 Å². The van der Waals surface area contributed by atoms with Gasteiger partial charge in [0.2, 0.25) is 11.8 Å². The fourth-order valence-electron chi connectivity index (χ4n) is 8.57. The number of anilines is 1. The van der Waals surface area contributed by atoms with E-state index in [2.05, 4.69) is 4.98 Å². The van der Waals surface area contributed by atoms with Gasteiger partial charge in [0.25, 0.3) is 5.56 Å². The van der Waals surface area contributed by atoms with E-state index in [1.807, 2.05) is 0 Å². The summed E-state index contributed by atoms with van der Waals surface area (Å²) in [5, 5.41) is 10.1. The molecule has 4 heterocycles. The molecule has 4 atom stereocenters. The lowest BCUT2D eigenvalue weighted by Gasteiger charge is -2.47. The number of methoxy groups -OCH3 is 2. The number of nitrogens with zero attached hydrogens (tertiary/aromatic N) is 6. The van der Waals surface area contributed by atoms with Crippen LogP contribution in [0.25, 0.3) is 11.0 Å². The molecular formula is C38H33Cl2FN6O8. The molecule has 3 aliphatic rings. The topological polar surface area (TPSA) is 160 Å². The van der Waals surface area contributed by atoms with Crippen LogP contribution in [0.4, 0.5) is 10.1 Å². The van der Waals surface area contributed by atoms with Gasteiger partial charge in [-0.2, -0.15) is 0 Å². The second-order valence-corrected chi connectivity index (χ2v) is 14.8. The summed E-state index contributed by atoms with van der Waals surface area (Å²) < 4.78 is 30.0. The van der Waals surface area contributed by atoms with Crippen LogP contribution < -0.4 is 31.3 Å². The quantitative estimate of drug-likeness (QED) is 0.187. The number of ether oxygens (including phenoxy) is 2. The molecule has 17 heteroatoms. The summed E-state index contributed by atoms with van der Waals surface area (Å²) in [4.78, 5) is 76.1. The monoisotopic (exact) mass is 790 g/mol.